The number of benzene rings is 1. The van der Waals surface area contributed by atoms with E-state index in [2.05, 4.69) is 20.0 Å². The summed E-state index contributed by atoms with van der Waals surface area (Å²) in [7, 11) is -3.56. The quantitative estimate of drug-likeness (QED) is 0.755. The Hall–Kier alpha value is -1.55. The van der Waals surface area contributed by atoms with E-state index in [1.165, 1.54) is 29.8 Å². The van der Waals surface area contributed by atoms with Crippen LogP contribution in [-0.4, -0.2) is 34.8 Å². The molecule has 2 heterocycles. The minimum absolute atomic E-state index is 0.146. The first-order chi connectivity index (χ1) is 10.0. The van der Waals surface area contributed by atoms with Gasteiger partial charge in [-0.25, -0.2) is 13.1 Å². The summed E-state index contributed by atoms with van der Waals surface area (Å²) in [4.78, 5) is 0.829. The molecule has 0 spiro atoms. The normalized spacial score (nSPS) is 12.0. The van der Waals surface area contributed by atoms with E-state index in [0.717, 1.165) is 5.01 Å². The van der Waals surface area contributed by atoms with E-state index < -0.39 is 10.0 Å². The lowest BCUT2D eigenvalue weighted by Crippen LogP contribution is -2.26. The fourth-order valence-corrected chi connectivity index (χ4v) is 3.86. The van der Waals surface area contributed by atoms with E-state index in [9.17, 15) is 8.42 Å². The van der Waals surface area contributed by atoms with Gasteiger partial charge in [-0.15, -0.1) is 10.2 Å². The molecule has 0 radical (unpaired) electrons. The number of hydrogen-bond donors (Lipinski definition) is 1. The molecule has 0 atom stereocenters. The second-order valence-corrected chi connectivity index (χ2v) is 7.40. The van der Waals surface area contributed by atoms with Gasteiger partial charge in [0, 0.05) is 18.0 Å². The third-order valence-electron chi connectivity index (χ3n) is 2.67. The summed E-state index contributed by atoms with van der Waals surface area (Å²) in [5, 5.41) is 13.0. The minimum Gasteiger partial charge on any atom is -0.211 e. The Bertz CT molecular complexity index is 845. The molecule has 1 N–H and O–H groups in total. The van der Waals surface area contributed by atoms with Gasteiger partial charge >= 0.3 is 0 Å². The van der Waals surface area contributed by atoms with E-state index in [1.54, 1.807) is 16.6 Å². The maximum atomic E-state index is 12.1. The van der Waals surface area contributed by atoms with Crippen LogP contribution in [0.5, 0.6) is 0 Å². The Kier molecular flexibility index (Phi) is 3.89. The number of rotatable bonds is 5. The summed E-state index contributed by atoms with van der Waals surface area (Å²) < 4.78 is 28.2. The summed E-state index contributed by atoms with van der Waals surface area (Å²) >= 11 is 7.17. The topological polar surface area (TPSA) is 89.2 Å². The van der Waals surface area contributed by atoms with Gasteiger partial charge in [0.05, 0.1) is 4.90 Å². The first-order valence-corrected chi connectivity index (χ1v) is 8.63. The largest absolute Gasteiger partial charge is 0.240 e. The highest BCUT2D eigenvalue weighted by atomic mass is 35.5. The van der Waals surface area contributed by atoms with Crippen LogP contribution >= 0.6 is 22.9 Å². The molecule has 1 aromatic carbocycles. The van der Waals surface area contributed by atoms with Crippen LogP contribution < -0.4 is 4.72 Å². The standard InChI is InChI=1S/C11H10ClN5O2S2/c12-8-2-1-3-9(6-8)21(18,19)14-5-4-10-16-17-7-13-15-11(17)20-10/h1-3,6-7,14H,4-5H2. The van der Waals surface area contributed by atoms with Crippen LogP contribution in [0.2, 0.25) is 5.02 Å². The molecule has 0 bridgehead atoms. The fraction of sp³-hybridized carbons (Fsp3) is 0.182. The molecule has 3 aromatic rings. The van der Waals surface area contributed by atoms with Gasteiger partial charge < -0.3 is 0 Å². The highest BCUT2D eigenvalue weighted by molar-refractivity contribution is 7.89. The van der Waals surface area contributed by atoms with Crippen molar-refractivity contribution in [3.8, 4) is 0 Å². The van der Waals surface area contributed by atoms with Crippen LogP contribution in [0.1, 0.15) is 5.01 Å². The predicted octanol–water partition coefficient (Wildman–Crippen LogP) is 1.36. The number of nitrogens with zero attached hydrogens (tertiary/aromatic N) is 4. The third kappa shape index (κ3) is 3.21. The summed E-state index contributed by atoms with van der Waals surface area (Å²) in [5.74, 6) is 0. The van der Waals surface area contributed by atoms with Crippen LogP contribution in [0.15, 0.2) is 35.5 Å². The average Bonchev–Trinajstić information content (AvgIpc) is 2.99. The van der Waals surface area contributed by atoms with Crippen molar-refractivity contribution < 1.29 is 8.42 Å². The predicted molar refractivity (Wildman–Crippen MR) is 79.0 cm³/mol. The van der Waals surface area contributed by atoms with Gasteiger partial charge in [0.25, 0.3) is 0 Å². The van der Waals surface area contributed by atoms with Gasteiger partial charge in [-0.3, -0.25) is 0 Å². The zero-order valence-corrected chi connectivity index (χ0v) is 13.0. The van der Waals surface area contributed by atoms with Crippen molar-refractivity contribution >= 4 is 37.9 Å². The zero-order valence-electron chi connectivity index (χ0n) is 10.6. The van der Waals surface area contributed by atoms with Crippen LogP contribution in [-0.2, 0) is 16.4 Å². The lowest BCUT2D eigenvalue weighted by molar-refractivity contribution is 0.581. The van der Waals surface area contributed by atoms with Crippen molar-refractivity contribution in [3.63, 3.8) is 0 Å². The van der Waals surface area contributed by atoms with Gasteiger partial charge in [0.2, 0.25) is 15.0 Å². The molecule has 0 saturated heterocycles. The van der Waals surface area contributed by atoms with Crippen molar-refractivity contribution in [1.29, 1.82) is 0 Å². The first kappa shape index (κ1) is 14.4. The third-order valence-corrected chi connectivity index (χ3v) is 5.33. The van der Waals surface area contributed by atoms with Crippen molar-refractivity contribution in [2.45, 2.75) is 11.3 Å². The lowest BCUT2D eigenvalue weighted by Gasteiger charge is -2.05. The SMILES string of the molecule is O=S(=O)(NCCc1nn2cnnc2s1)c1cccc(Cl)c1. The number of aromatic nitrogens is 4. The Morgan fingerprint density at radius 1 is 1.38 bits per heavy atom. The minimum atomic E-state index is -3.56. The molecule has 21 heavy (non-hydrogen) atoms. The average molecular weight is 344 g/mol. The monoisotopic (exact) mass is 343 g/mol. The molecule has 0 aliphatic carbocycles. The maximum absolute atomic E-state index is 12.1. The van der Waals surface area contributed by atoms with Gasteiger partial charge in [-0.05, 0) is 18.2 Å². The Morgan fingerprint density at radius 2 is 2.24 bits per heavy atom. The fourth-order valence-electron chi connectivity index (χ4n) is 1.71. The van der Waals surface area contributed by atoms with Gasteiger partial charge in [-0.2, -0.15) is 9.61 Å². The van der Waals surface area contributed by atoms with E-state index in [-0.39, 0.29) is 11.4 Å². The summed E-state index contributed by atoms with van der Waals surface area (Å²) in [6.07, 6.45) is 1.99. The number of halogens is 1. The zero-order chi connectivity index (χ0) is 14.9. The van der Waals surface area contributed by atoms with E-state index in [1.807, 2.05) is 0 Å². The van der Waals surface area contributed by atoms with E-state index >= 15 is 0 Å². The Labute approximate surface area is 129 Å². The number of fused-ring (bicyclic) bond motifs is 1. The summed E-state index contributed by atoms with van der Waals surface area (Å²) in [5.41, 5.74) is 0. The second kappa shape index (κ2) is 5.68. The first-order valence-electron chi connectivity index (χ1n) is 5.95. The van der Waals surface area contributed by atoms with Crippen molar-refractivity contribution in [3.05, 3.63) is 40.6 Å². The van der Waals surface area contributed by atoms with E-state index in [0.29, 0.717) is 16.4 Å². The molecule has 0 unspecified atom stereocenters. The van der Waals surface area contributed by atoms with Crippen molar-refractivity contribution in [1.82, 2.24) is 24.5 Å². The summed E-state index contributed by atoms with van der Waals surface area (Å²) in [6.45, 7) is 0.249. The molecule has 7 nitrogen and oxygen atoms in total. The number of sulfonamides is 1. The van der Waals surface area contributed by atoms with Crippen LogP contribution in [0.25, 0.3) is 4.96 Å². The molecule has 0 amide bonds. The number of hydrogen-bond acceptors (Lipinski definition) is 6. The van der Waals surface area contributed by atoms with Crippen molar-refractivity contribution in [2.75, 3.05) is 6.54 Å². The van der Waals surface area contributed by atoms with Crippen molar-refractivity contribution in [2.24, 2.45) is 0 Å². The maximum Gasteiger partial charge on any atom is 0.240 e. The van der Waals surface area contributed by atoms with Crippen LogP contribution in [0, 0.1) is 0 Å². The molecule has 0 aliphatic heterocycles. The highest BCUT2D eigenvalue weighted by Crippen LogP contribution is 2.15. The Morgan fingerprint density at radius 3 is 3.00 bits per heavy atom. The molecule has 10 heteroatoms. The lowest BCUT2D eigenvalue weighted by atomic mass is 10.4. The van der Waals surface area contributed by atoms with E-state index in [4.69, 9.17) is 11.6 Å². The van der Waals surface area contributed by atoms with Gasteiger partial charge in [0.1, 0.15) is 11.3 Å². The summed E-state index contributed by atoms with van der Waals surface area (Å²) in [6, 6.07) is 6.13. The van der Waals surface area contributed by atoms with Gasteiger partial charge in [-0.1, -0.05) is 29.0 Å². The smallest absolute Gasteiger partial charge is 0.211 e. The van der Waals surface area contributed by atoms with Crippen LogP contribution in [0.3, 0.4) is 0 Å². The molecular formula is C11H10ClN5O2S2. The Balaban J connectivity index is 1.65. The molecule has 3 rings (SSSR count). The second-order valence-electron chi connectivity index (χ2n) is 4.16. The molecule has 2 aromatic heterocycles. The number of nitrogens with one attached hydrogen (secondary N) is 1. The molecule has 0 saturated carbocycles. The highest BCUT2D eigenvalue weighted by Gasteiger charge is 2.14. The van der Waals surface area contributed by atoms with Gasteiger partial charge in [0.15, 0.2) is 0 Å². The van der Waals surface area contributed by atoms with Crippen LogP contribution in [0.4, 0.5) is 0 Å². The molecule has 110 valence electrons. The molecule has 0 fully saturated rings. The molecule has 0 aliphatic rings. The molecular weight excluding hydrogens is 334 g/mol.